The van der Waals surface area contributed by atoms with Crippen molar-refractivity contribution in [3.8, 4) is 0 Å². The standard InChI is InChI=1S/C16H26N2O3/c1-11(2)10-13(18-15(20)21-16(3,4)5)14(19)12-8-6-7-9-17-12/h6-9,11,13-14,19H,10H2,1-5H3,(H,18,20)/t13?,14-/m1/s1. The van der Waals surface area contributed by atoms with Crippen LogP contribution in [0.3, 0.4) is 0 Å². The van der Waals surface area contributed by atoms with Crippen molar-refractivity contribution in [2.75, 3.05) is 0 Å². The van der Waals surface area contributed by atoms with Crippen LogP contribution in [0, 0.1) is 5.92 Å². The summed E-state index contributed by atoms with van der Waals surface area (Å²) in [5.41, 5.74) is -0.0261. The summed E-state index contributed by atoms with van der Waals surface area (Å²) in [7, 11) is 0. The van der Waals surface area contributed by atoms with Gasteiger partial charge in [-0.1, -0.05) is 19.9 Å². The summed E-state index contributed by atoms with van der Waals surface area (Å²) < 4.78 is 5.25. The van der Waals surface area contributed by atoms with Gasteiger partial charge in [0.05, 0.1) is 11.7 Å². The fraction of sp³-hybridized carbons (Fsp3) is 0.625. The van der Waals surface area contributed by atoms with Gasteiger partial charge in [-0.25, -0.2) is 4.79 Å². The van der Waals surface area contributed by atoms with Crippen LogP contribution in [0.15, 0.2) is 24.4 Å². The molecule has 2 atom stereocenters. The van der Waals surface area contributed by atoms with Gasteiger partial charge in [0.1, 0.15) is 11.7 Å². The number of nitrogens with zero attached hydrogens (tertiary/aromatic N) is 1. The Morgan fingerprint density at radius 2 is 2.05 bits per heavy atom. The Morgan fingerprint density at radius 3 is 2.52 bits per heavy atom. The van der Waals surface area contributed by atoms with Crippen LogP contribution in [-0.2, 0) is 4.74 Å². The number of rotatable bonds is 5. The van der Waals surface area contributed by atoms with E-state index in [1.165, 1.54) is 0 Å². The van der Waals surface area contributed by atoms with Crippen molar-refractivity contribution in [3.63, 3.8) is 0 Å². The highest BCUT2D eigenvalue weighted by molar-refractivity contribution is 5.68. The highest BCUT2D eigenvalue weighted by Crippen LogP contribution is 2.20. The van der Waals surface area contributed by atoms with Gasteiger partial charge >= 0.3 is 6.09 Å². The minimum Gasteiger partial charge on any atom is -0.444 e. The lowest BCUT2D eigenvalue weighted by Gasteiger charge is -2.27. The molecule has 1 rings (SSSR count). The van der Waals surface area contributed by atoms with Gasteiger partial charge in [-0.3, -0.25) is 4.98 Å². The van der Waals surface area contributed by atoms with E-state index in [2.05, 4.69) is 10.3 Å². The fourth-order valence-corrected chi connectivity index (χ4v) is 1.99. The third-order valence-corrected chi connectivity index (χ3v) is 2.80. The molecule has 1 heterocycles. The third-order valence-electron chi connectivity index (χ3n) is 2.80. The zero-order valence-corrected chi connectivity index (χ0v) is 13.5. The number of hydrogen-bond donors (Lipinski definition) is 2. The second kappa shape index (κ2) is 7.41. The second-order valence-corrected chi connectivity index (χ2v) is 6.58. The minimum atomic E-state index is -0.860. The predicted molar refractivity (Wildman–Crippen MR) is 81.8 cm³/mol. The molecular formula is C16H26N2O3. The molecule has 0 aliphatic heterocycles. The largest absolute Gasteiger partial charge is 0.444 e. The molecule has 0 aliphatic carbocycles. The van der Waals surface area contributed by atoms with Crippen LogP contribution in [0.4, 0.5) is 4.79 Å². The molecule has 0 radical (unpaired) electrons. The Labute approximate surface area is 126 Å². The highest BCUT2D eigenvalue weighted by atomic mass is 16.6. The fourth-order valence-electron chi connectivity index (χ4n) is 1.99. The van der Waals surface area contributed by atoms with E-state index < -0.39 is 23.8 Å². The Bertz CT molecular complexity index is 441. The zero-order valence-electron chi connectivity index (χ0n) is 13.5. The Hall–Kier alpha value is -1.62. The Balaban J connectivity index is 2.78. The lowest BCUT2D eigenvalue weighted by atomic mass is 9.97. The number of pyridine rings is 1. The number of amides is 1. The van der Waals surface area contributed by atoms with E-state index in [0.29, 0.717) is 18.0 Å². The third kappa shape index (κ3) is 6.58. The lowest BCUT2D eigenvalue weighted by Crippen LogP contribution is -2.43. The van der Waals surface area contributed by atoms with Crippen molar-refractivity contribution in [2.45, 2.75) is 58.8 Å². The van der Waals surface area contributed by atoms with Crippen LogP contribution in [0.5, 0.6) is 0 Å². The molecule has 5 heteroatoms. The summed E-state index contributed by atoms with van der Waals surface area (Å²) in [5, 5.41) is 13.2. The Kier molecular flexibility index (Phi) is 6.15. The summed E-state index contributed by atoms with van der Waals surface area (Å²) in [6.07, 6.45) is 0.874. The first-order valence-corrected chi connectivity index (χ1v) is 7.27. The second-order valence-electron chi connectivity index (χ2n) is 6.58. The van der Waals surface area contributed by atoms with E-state index in [9.17, 15) is 9.90 Å². The van der Waals surface area contributed by atoms with Crippen LogP contribution in [0.2, 0.25) is 0 Å². The molecule has 0 aliphatic rings. The number of aliphatic hydroxyl groups excluding tert-OH is 1. The van der Waals surface area contributed by atoms with E-state index in [0.717, 1.165) is 0 Å². The first kappa shape index (κ1) is 17.4. The average Bonchev–Trinajstić information content (AvgIpc) is 2.35. The number of aromatic nitrogens is 1. The molecule has 5 nitrogen and oxygen atoms in total. The number of hydrogen-bond acceptors (Lipinski definition) is 4. The maximum absolute atomic E-state index is 11.9. The van der Waals surface area contributed by atoms with E-state index in [1.807, 2.05) is 19.9 Å². The minimum absolute atomic E-state index is 0.322. The van der Waals surface area contributed by atoms with Gasteiger partial charge in [0, 0.05) is 6.20 Å². The molecule has 0 saturated heterocycles. The van der Waals surface area contributed by atoms with Gasteiger partial charge in [0.15, 0.2) is 0 Å². The quantitative estimate of drug-likeness (QED) is 0.875. The van der Waals surface area contributed by atoms with Gasteiger partial charge in [0.25, 0.3) is 0 Å². The summed E-state index contributed by atoms with van der Waals surface area (Å²) in [6, 6.07) is 4.91. The number of carbonyl (C=O) groups is 1. The molecular weight excluding hydrogens is 268 g/mol. The van der Waals surface area contributed by atoms with Crippen molar-refractivity contribution in [1.82, 2.24) is 10.3 Å². The average molecular weight is 294 g/mol. The summed E-state index contributed by atoms with van der Waals surface area (Å²) in [5.74, 6) is 0.322. The van der Waals surface area contributed by atoms with Crippen molar-refractivity contribution in [3.05, 3.63) is 30.1 Å². The maximum atomic E-state index is 11.9. The van der Waals surface area contributed by atoms with Crippen molar-refractivity contribution in [2.24, 2.45) is 5.92 Å². The molecule has 1 amide bonds. The lowest BCUT2D eigenvalue weighted by molar-refractivity contribution is 0.0397. The molecule has 0 saturated carbocycles. The topological polar surface area (TPSA) is 71.5 Å². The molecule has 1 aromatic rings. The van der Waals surface area contributed by atoms with Gasteiger partial charge < -0.3 is 15.2 Å². The van der Waals surface area contributed by atoms with E-state index in [-0.39, 0.29) is 0 Å². The molecule has 0 bridgehead atoms. The monoisotopic (exact) mass is 294 g/mol. The molecule has 2 N–H and O–H groups in total. The first-order valence-electron chi connectivity index (χ1n) is 7.27. The van der Waals surface area contributed by atoms with Gasteiger partial charge in [-0.2, -0.15) is 0 Å². The number of ether oxygens (including phenoxy) is 1. The molecule has 0 fully saturated rings. The van der Waals surface area contributed by atoms with Gasteiger partial charge in [-0.15, -0.1) is 0 Å². The van der Waals surface area contributed by atoms with Crippen molar-refractivity contribution in [1.29, 1.82) is 0 Å². The maximum Gasteiger partial charge on any atom is 0.407 e. The molecule has 0 aromatic carbocycles. The van der Waals surface area contributed by atoms with Crippen LogP contribution in [0.1, 0.15) is 52.8 Å². The van der Waals surface area contributed by atoms with Gasteiger partial charge in [0.2, 0.25) is 0 Å². The number of aliphatic hydroxyl groups is 1. The molecule has 0 spiro atoms. The first-order chi connectivity index (χ1) is 9.69. The summed E-state index contributed by atoms with van der Waals surface area (Å²) in [6.45, 7) is 9.49. The summed E-state index contributed by atoms with van der Waals surface area (Å²) in [4.78, 5) is 16.1. The van der Waals surface area contributed by atoms with Crippen molar-refractivity contribution < 1.29 is 14.6 Å². The van der Waals surface area contributed by atoms with Crippen molar-refractivity contribution >= 4 is 6.09 Å². The SMILES string of the molecule is CC(C)CC(NC(=O)OC(C)(C)C)[C@H](O)c1ccccn1. The number of alkyl carbamates (subject to hydrolysis) is 1. The van der Waals surface area contributed by atoms with Crippen LogP contribution in [-0.4, -0.2) is 27.8 Å². The van der Waals surface area contributed by atoms with E-state index in [4.69, 9.17) is 4.74 Å². The van der Waals surface area contributed by atoms with E-state index >= 15 is 0 Å². The molecule has 21 heavy (non-hydrogen) atoms. The molecule has 1 aromatic heterocycles. The van der Waals surface area contributed by atoms with Crippen LogP contribution in [0.25, 0.3) is 0 Å². The molecule has 118 valence electrons. The van der Waals surface area contributed by atoms with Gasteiger partial charge in [-0.05, 0) is 45.2 Å². The normalized spacial score (nSPS) is 14.6. The Morgan fingerprint density at radius 1 is 1.38 bits per heavy atom. The van der Waals surface area contributed by atoms with Crippen LogP contribution >= 0.6 is 0 Å². The predicted octanol–water partition coefficient (Wildman–Crippen LogP) is 3.05. The smallest absolute Gasteiger partial charge is 0.407 e. The molecule has 1 unspecified atom stereocenters. The highest BCUT2D eigenvalue weighted by Gasteiger charge is 2.27. The number of nitrogens with one attached hydrogen (secondary N) is 1. The van der Waals surface area contributed by atoms with E-state index in [1.54, 1.807) is 39.1 Å². The number of carbonyl (C=O) groups excluding carboxylic acids is 1. The van der Waals surface area contributed by atoms with Crippen LogP contribution < -0.4 is 5.32 Å². The zero-order chi connectivity index (χ0) is 16.0. The summed E-state index contributed by atoms with van der Waals surface area (Å²) >= 11 is 0.